The van der Waals surface area contributed by atoms with Crippen LogP contribution in [0.4, 0.5) is 0 Å². The number of aliphatic hydroxyl groups excluding tert-OH is 1. The van der Waals surface area contributed by atoms with Gasteiger partial charge in [0.1, 0.15) is 0 Å². The summed E-state index contributed by atoms with van der Waals surface area (Å²) in [5, 5.41) is 9.51. The number of aryl methyl sites for hydroxylation is 1. The second-order valence-corrected chi connectivity index (χ2v) is 10.8. The van der Waals surface area contributed by atoms with Crippen molar-refractivity contribution in [2.45, 2.75) is 96.8 Å². The standard InChI is InChI=1S/C31H46O3/c1-4-5-6-7-24-8-10-25(11-9-24)12-13-26-14-15-28-21-29(17-16-27(28)20-26)30(18-19-32)22-34-31(33)23(2)3/h12-13,16-17,21,24-26,30,32H,2,4-11,14-15,18-20,22H2,1,3H3/b13-12+. The summed E-state index contributed by atoms with van der Waals surface area (Å²) >= 11 is 0. The van der Waals surface area contributed by atoms with E-state index in [1.165, 1.54) is 68.9 Å². The van der Waals surface area contributed by atoms with Crippen LogP contribution >= 0.6 is 0 Å². The van der Waals surface area contributed by atoms with Crippen molar-refractivity contribution >= 4 is 5.97 Å². The van der Waals surface area contributed by atoms with Gasteiger partial charge in [-0.25, -0.2) is 4.79 Å². The molecular weight excluding hydrogens is 420 g/mol. The topological polar surface area (TPSA) is 46.5 Å². The fourth-order valence-corrected chi connectivity index (χ4v) is 5.69. The molecule has 1 aromatic carbocycles. The third kappa shape index (κ3) is 8.12. The van der Waals surface area contributed by atoms with E-state index >= 15 is 0 Å². The first kappa shape index (κ1) is 26.7. The molecule has 2 aliphatic carbocycles. The highest BCUT2D eigenvalue weighted by Crippen LogP contribution is 2.34. The Kier molecular flexibility index (Phi) is 10.9. The quantitative estimate of drug-likeness (QED) is 0.152. The Hall–Kier alpha value is -1.87. The third-order valence-electron chi connectivity index (χ3n) is 7.97. The minimum absolute atomic E-state index is 0.0216. The number of aliphatic hydroxyl groups is 1. The molecule has 3 rings (SSSR count). The molecule has 1 fully saturated rings. The van der Waals surface area contributed by atoms with E-state index in [9.17, 15) is 9.90 Å². The molecule has 0 aliphatic heterocycles. The van der Waals surface area contributed by atoms with E-state index in [0.29, 0.717) is 17.9 Å². The van der Waals surface area contributed by atoms with Gasteiger partial charge >= 0.3 is 5.97 Å². The van der Waals surface area contributed by atoms with Crippen LogP contribution in [0, 0.1) is 17.8 Å². The molecule has 2 unspecified atom stereocenters. The van der Waals surface area contributed by atoms with Crippen LogP contribution in [0.1, 0.15) is 101 Å². The molecule has 3 nitrogen and oxygen atoms in total. The lowest BCUT2D eigenvalue weighted by atomic mass is 9.78. The molecule has 1 aromatic rings. The number of rotatable bonds is 12. The first-order valence-electron chi connectivity index (χ1n) is 13.7. The van der Waals surface area contributed by atoms with E-state index in [4.69, 9.17) is 4.74 Å². The Labute approximate surface area is 207 Å². The minimum atomic E-state index is -0.361. The lowest BCUT2D eigenvalue weighted by Gasteiger charge is -2.28. The number of ether oxygens (including phenoxy) is 1. The summed E-state index contributed by atoms with van der Waals surface area (Å²) in [6, 6.07) is 6.71. The van der Waals surface area contributed by atoms with Crippen molar-refractivity contribution in [2.75, 3.05) is 13.2 Å². The summed E-state index contributed by atoms with van der Waals surface area (Å²) < 4.78 is 5.40. The van der Waals surface area contributed by atoms with Gasteiger partial charge in [0.05, 0.1) is 6.61 Å². The maximum atomic E-state index is 11.8. The van der Waals surface area contributed by atoms with Gasteiger partial charge in [-0.1, -0.05) is 69.5 Å². The van der Waals surface area contributed by atoms with Crippen molar-refractivity contribution in [2.24, 2.45) is 17.8 Å². The fourth-order valence-electron chi connectivity index (χ4n) is 5.69. The zero-order valence-corrected chi connectivity index (χ0v) is 21.6. The van der Waals surface area contributed by atoms with Gasteiger partial charge in [-0.3, -0.25) is 0 Å². The highest BCUT2D eigenvalue weighted by atomic mass is 16.5. The molecule has 0 saturated heterocycles. The lowest BCUT2D eigenvalue weighted by Crippen LogP contribution is -2.17. The average molecular weight is 467 g/mol. The zero-order valence-electron chi connectivity index (χ0n) is 21.6. The molecule has 0 heterocycles. The second-order valence-electron chi connectivity index (χ2n) is 10.8. The van der Waals surface area contributed by atoms with E-state index < -0.39 is 0 Å². The largest absolute Gasteiger partial charge is 0.462 e. The highest BCUT2D eigenvalue weighted by Gasteiger charge is 2.22. The molecule has 2 atom stereocenters. The van der Waals surface area contributed by atoms with Gasteiger partial charge in [0.25, 0.3) is 0 Å². The number of unbranched alkanes of at least 4 members (excludes halogenated alkanes) is 2. The molecule has 1 N–H and O–H groups in total. The van der Waals surface area contributed by atoms with Crippen LogP contribution in [0.2, 0.25) is 0 Å². The first-order valence-corrected chi connectivity index (χ1v) is 13.7. The van der Waals surface area contributed by atoms with Crippen LogP contribution in [0.25, 0.3) is 0 Å². The predicted octanol–water partition coefficient (Wildman–Crippen LogP) is 7.32. The van der Waals surface area contributed by atoms with Crippen molar-refractivity contribution in [1.29, 1.82) is 0 Å². The number of benzene rings is 1. The molecule has 2 aliphatic rings. The van der Waals surface area contributed by atoms with E-state index in [1.54, 1.807) is 6.92 Å². The fraction of sp³-hybridized carbons (Fsp3) is 0.645. The van der Waals surface area contributed by atoms with Crippen molar-refractivity contribution in [3.05, 3.63) is 59.2 Å². The molecule has 34 heavy (non-hydrogen) atoms. The van der Waals surface area contributed by atoms with Gasteiger partial charge in [0.2, 0.25) is 0 Å². The SMILES string of the molecule is C=C(C)C(=O)OCC(CCO)c1ccc2c(c1)CCC(/C=C/C1CCC(CCCCC)CC1)C2. The van der Waals surface area contributed by atoms with Gasteiger partial charge in [0, 0.05) is 18.1 Å². The molecule has 3 heteroatoms. The van der Waals surface area contributed by atoms with E-state index in [0.717, 1.165) is 30.2 Å². The number of hydrogen-bond donors (Lipinski definition) is 1. The number of hydrogen-bond acceptors (Lipinski definition) is 3. The molecule has 0 amide bonds. The maximum Gasteiger partial charge on any atom is 0.333 e. The number of esters is 1. The van der Waals surface area contributed by atoms with Crippen molar-refractivity contribution < 1.29 is 14.6 Å². The van der Waals surface area contributed by atoms with E-state index in [1.807, 2.05) is 0 Å². The maximum absolute atomic E-state index is 11.8. The van der Waals surface area contributed by atoms with Gasteiger partial charge in [-0.2, -0.15) is 0 Å². The first-order chi connectivity index (χ1) is 16.5. The van der Waals surface area contributed by atoms with Crippen LogP contribution in [-0.2, 0) is 22.4 Å². The van der Waals surface area contributed by atoms with Crippen LogP contribution in [-0.4, -0.2) is 24.3 Å². The normalized spacial score (nSPS) is 23.4. The zero-order chi connectivity index (χ0) is 24.3. The molecule has 0 bridgehead atoms. The average Bonchev–Trinajstić information content (AvgIpc) is 2.85. The highest BCUT2D eigenvalue weighted by molar-refractivity contribution is 5.86. The van der Waals surface area contributed by atoms with Crippen molar-refractivity contribution in [3.8, 4) is 0 Å². The minimum Gasteiger partial charge on any atom is -0.462 e. The summed E-state index contributed by atoms with van der Waals surface area (Å²) in [4.78, 5) is 11.8. The Morgan fingerprint density at radius 2 is 1.88 bits per heavy atom. The molecular formula is C31H46O3. The number of allylic oxidation sites excluding steroid dienone is 2. The molecule has 0 radical (unpaired) electrons. The van der Waals surface area contributed by atoms with Gasteiger partial charge in [-0.15, -0.1) is 0 Å². The summed E-state index contributed by atoms with van der Waals surface area (Å²) in [6.07, 6.45) is 20.3. The Balaban J connectivity index is 1.51. The molecule has 188 valence electrons. The molecule has 1 saturated carbocycles. The molecule has 0 spiro atoms. The van der Waals surface area contributed by atoms with E-state index in [-0.39, 0.29) is 25.1 Å². The number of carbonyl (C=O) groups is 1. The summed E-state index contributed by atoms with van der Waals surface area (Å²) in [5.74, 6) is 2.07. The Morgan fingerprint density at radius 3 is 2.59 bits per heavy atom. The van der Waals surface area contributed by atoms with Gasteiger partial charge in [-0.05, 0) is 92.7 Å². The monoisotopic (exact) mass is 466 g/mol. The third-order valence-corrected chi connectivity index (χ3v) is 7.97. The van der Waals surface area contributed by atoms with E-state index in [2.05, 4.69) is 43.9 Å². The second kappa shape index (κ2) is 13.9. The summed E-state index contributed by atoms with van der Waals surface area (Å²) in [5.41, 5.74) is 4.44. The Morgan fingerprint density at radius 1 is 1.12 bits per heavy atom. The Bertz CT molecular complexity index is 816. The van der Waals surface area contributed by atoms with Gasteiger partial charge in [0.15, 0.2) is 0 Å². The van der Waals surface area contributed by atoms with Crippen LogP contribution in [0.15, 0.2) is 42.5 Å². The summed E-state index contributed by atoms with van der Waals surface area (Å²) in [6.45, 7) is 7.97. The number of fused-ring (bicyclic) bond motifs is 1. The lowest BCUT2D eigenvalue weighted by molar-refractivity contribution is -0.139. The number of carbonyl (C=O) groups excluding carboxylic acids is 1. The van der Waals surface area contributed by atoms with Crippen LogP contribution in [0.5, 0.6) is 0 Å². The molecule has 0 aromatic heterocycles. The van der Waals surface area contributed by atoms with Gasteiger partial charge < -0.3 is 9.84 Å². The predicted molar refractivity (Wildman–Crippen MR) is 141 cm³/mol. The summed E-state index contributed by atoms with van der Waals surface area (Å²) in [7, 11) is 0. The van der Waals surface area contributed by atoms with Crippen molar-refractivity contribution in [1.82, 2.24) is 0 Å². The van der Waals surface area contributed by atoms with Crippen LogP contribution in [0.3, 0.4) is 0 Å². The van der Waals surface area contributed by atoms with Crippen LogP contribution < -0.4 is 0 Å². The smallest absolute Gasteiger partial charge is 0.333 e. The van der Waals surface area contributed by atoms with Crippen molar-refractivity contribution in [3.63, 3.8) is 0 Å².